The van der Waals surface area contributed by atoms with Crippen molar-refractivity contribution in [1.29, 1.82) is 0 Å². The van der Waals surface area contributed by atoms with Crippen LogP contribution < -0.4 is 14.8 Å². The molecule has 160 valence electrons. The molecule has 1 aliphatic carbocycles. The van der Waals surface area contributed by atoms with Gasteiger partial charge in [0.15, 0.2) is 5.75 Å². The predicted octanol–water partition coefficient (Wildman–Crippen LogP) is 2.64. The standard InChI is InChI=1S/C18H22F3N3O5/c1-16(2,10-28-13-11(4-3-7-22-13)29-18(19,20)21)14(25)23-12-8-24(15(26)27)9-17(12)5-6-17/h3-4,7,12H,5-6,8-10H2,1-2H3,(H,23,25)(H,26,27). The van der Waals surface area contributed by atoms with Crippen molar-refractivity contribution >= 4 is 12.0 Å². The van der Waals surface area contributed by atoms with Gasteiger partial charge in [0.25, 0.3) is 5.88 Å². The molecular formula is C18H22F3N3O5. The van der Waals surface area contributed by atoms with Crippen molar-refractivity contribution in [3.05, 3.63) is 18.3 Å². The van der Waals surface area contributed by atoms with Crippen LogP contribution in [0.3, 0.4) is 0 Å². The molecule has 2 amide bonds. The highest BCUT2D eigenvalue weighted by molar-refractivity contribution is 5.82. The van der Waals surface area contributed by atoms with Crippen molar-refractivity contribution in [1.82, 2.24) is 15.2 Å². The Bertz CT molecular complexity index is 795. The fourth-order valence-corrected chi connectivity index (χ4v) is 3.34. The highest BCUT2D eigenvalue weighted by atomic mass is 19.4. The summed E-state index contributed by atoms with van der Waals surface area (Å²) < 4.78 is 46.8. The number of halogens is 3. The number of nitrogens with zero attached hydrogens (tertiary/aromatic N) is 2. The van der Waals surface area contributed by atoms with E-state index in [0.717, 1.165) is 18.9 Å². The number of aromatic nitrogens is 1. The van der Waals surface area contributed by atoms with Crippen LogP contribution in [0.2, 0.25) is 0 Å². The van der Waals surface area contributed by atoms with E-state index in [1.54, 1.807) is 13.8 Å². The number of hydrogen-bond acceptors (Lipinski definition) is 5. The number of carbonyl (C=O) groups is 2. The van der Waals surface area contributed by atoms with Gasteiger partial charge in [-0.1, -0.05) is 0 Å². The highest BCUT2D eigenvalue weighted by Gasteiger charge is 2.57. The van der Waals surface area contributed by atoms with Crippen LogP contribution in [0.15, 0.2) is 18.3 Å². The first kappa shape index (κ1) is 21.0. The Morgan fingerprint density at radius 3 is 2.66 bits per heavy atom. The minimum atomic E-state index is -4.90. The van der Waals surface area contributed by atoms with Gasteiger partial charge in [0.2, 0.25) is 5.91 Å². The minimum absolute atomic E-state index is 0.210. The van der Waals surface area contributed by atoms with E-state index in [2.05, 4.69) is 15.0 Å². The van der Waals surface area contributed by atoms with Gasteiger partial charge in [-0.3, -0.25) is 4.79 Å². The number of likely N-dealkylation sites (tertiary alicyclic amines) is 1. The average molecular weight is 417 g/mol. The smallest absolute Gasteiger partial charge is 0.474 e. The first-order chi connectivity index (χ1) is 13.4. The topological polar surface area (TPSA) is 101 Å². The normalized spacial score (nSPS) is 20.4. The maximum absolute atomic E-state index is 12.8. The third-order valence-electron chi connectivity index (χ3n) is 5.26. The van der Waals surface area contributed by atoms with Gasteiger partial charge in [-0.05, 0) is 38.8 Å². The molecule has 1 spiro atoms. The van der Waals surface area contributed by atoms with Crippen molar-refractivity contribution in [2.75, 3.05) is 19.7 Å². The van der Waals surface area contributed by atoms with Crippen LogP contribution in [0.1, 0.15) is 26.7 Å². The summed E-state index contributed by atoms with van der Waals surface area (Å²) in [5.41, 5.74) is -1.32. The van der Waals surface area contributed by atoms with E-state index in [-0.39, 0.29) is 36.4 Å². The minimum Gasteiger partial charge on any atom is -0.474 e. The number of ether oxygens (including phenoxy) is 2. The Hall–Kier alpha value is -2.72. The summed E-state index contributed by atoms with van der Waals surface area (Å²) in [7, 11) is 0. The number of carboxylic acid groups (broad SMARTS) is 1. The third-order valence-corrected chi connectivity index (χ3v) is 5.26. The lowest BCUT2D eigenvalue weighted by Crippen LogP contribution is -2.49. The third kappa shape index (κ3) is 4.83. The van der Waals surface area contributed by atoms with Crippen molar-refractivity contribution < 1.29 is 37.3 Å². The number of rotatable bonds is 6. The molecule has 1 aromatic heterocycles. The van der Waals surface area contributed by atoms with E-state index in [9.17, 15) is 27.9 Å². The van der Waals surface area contributed by atoms with Gasteiger partial charge >= 0.3 is 12.5 Å². The number of carbonyl (C=O) groups excluding carboxylic acids is 1. The van der Waals surface area contributed by atoms with Gasteiger partial charge in [0, 0.05) is 24.7 Å². The number of pyridine rings is 1. The molecule has 1 saturated carbocycles. The molecule has 2 aliphatic rings. The molecule has 1 aliphatic heterocycles. The monoisotopic (exact) mass is 417 g/mol. The summed E-state index contributed by atoms with van der Waals surface area (Å²) in [6, 6.07) is 2.04. The predicted molar refractivity (Wildman–Crippen MR) is 93.4 cm³/mol. The summed E-state index contributed by atoms with van der Waals surface area (Å²) in [4.78, 5) is 29.0. The van der Waals surface area contributed by atoms with Crippen LogP contribution in [0.4, 0.5) is 18.0 Å². The molecule has 3 rings (SSSR count). The zero-order valence-corrected chi connectivity index (χ0v) is 16.0. The molecule has 0 bridgehead atoms. The molecule has 2 fully saturated rings. The quantitative estimate of drug-likeness (QED) is 0.738. The Labute approximate surface area is 165 Å². The number of nitrogens with one attached hydrogen (secondary N) is 1. The first-order valence-electron chi connectivity index (χ1n) is 9.04. The Morgan fingerprint density at radius 1 is 1.38 bits per heavy atom. The fraction of sp³-hybridized carbons (Fsp3) is 0.611. The van der Waals surface area contributed by atoms with Gasteiger partial charge in [0.05, 0.1) is 11.5 Å². The van der Waals surface area contributed by atoms with E-state index in [4.69, 9.17) is 4.74 Å². The Morgan fingerprint density at radius 2 is 2.07 bits per heavy atom. The number of hydrogen-bond donors (Lipinski definition) is 2. The van der Waals surface area contributed by atoms with Crippen LogP contribution in [-0.4, -0.2) is 59.1 Å². The molecule has 0 aromatic carbocycles. The van der Waals surface area contributed by atoms with Crippen LogP contribution in [0.5, 0.6) is 11.6 Å². The molecule has 1 saturated heterocycles. The van der Waals surface area contributed by atoms with Gasteiger partial charge < -0.3 is 24.8 Å². The Kier molecular flexibility index (Phi) is 5.26. The summed E-state index contributed by atoms with van der Waals surface area (Å²) >= 11 is 0. The van der Waals surface area contributed by atoms with E-state index >= 15 is 0 Å². The van der Waals surface area contributed by atoms with Crippen molar-refractivity contribution in [2.45, 2.75) is 39.1 Å². The summed E-state index contributed by atoms with van der Waals surface area (Å²) in [5.74, 6) is -1.35. The molecule has 8 nitrogen and oxygen atoms in total. The zero-order valence-electron chi connectivity index (χ0n) is 16.0. The lowest BCUT2D eigenvalue weighted by molar-refractivity contribution is -0.275. The molecule has 2 heterocycles. The van der Waals surface area contributed by atoms with Crippen LogP contribution in [-0.2, 0) is 4.79 Å². The molecule has 2 N–H and O–H groups in total. The fourth-order valence-electron chi connectivity index (χ4n) is 3.34. The largest absolute Gasteiger partial charge is 0.573 e. The second kappa shape index (κ2) is 7.27. The maximum Gasteiger partial charge on any atom is 0.573 e. The summed E-state index contributed by atoms with van der Waals surface area (Å²) in [6.07, 6.45) is -3.00. The van der Waals surface area contributed by atoms with Crippen molar-refractivity contribution in [3.8, 4) is 11.6 Å². The summed E-state index contributed by atoms with van der Waals surface area (Å²) in [6.45, 7) is 3.52. The second-order valence-corrected chi connectivity index (χ2v) is 8.08. The van der Waals surface area contributed by atoms with E-state index in [0.29, 0.717) is 6.54 Å². The van der Waals surface area contributed by atoms with Crippen LogP contribution >= 0.6 is 0 Å². The van der Waals surface area contributed by atoms with Gasteiger partial charge in [0.1, 0.15) is 6.61 Å². The molecule has 1 unspecified atom stereocenters. The molecule has 0 radical (unpaired) electrons. The molecular weight excluding hydrogens is 395 g/mol. The van der Waals surface area contributed by atoms with Gasteiger partial charge in [-0.2, -0.15) is 0 Å². The first-order valence-corrected chi connectivity index (χ1v) is 9.04. The molecule has 11 heteroatoms. The zero-order chi connectivity index (χ0) is 21.4. The van der Waals surface area contributed by atoms with Crippen LogP contribution in [0, 0.1) is 10.8 Å². The number of alkyl halides is 3. The van der Waals surface area contributed by atoms with Gasteiger partial charge in [-0.25, -0.2) is 9.78 Å². The van der Waals surface area contributed by atoms with Crippen LogP contribution in [0.25, 0.3) is 0 Å². The SMILES string of the molecule is CC(C)(COc1ncccc1OC(F)(F)F)C(=O)NC1CN(C(=O)O)CC12CC2. The second-order valence-electron chi connectivity index (χ2n) is 8.08. The van der Waals surface area contributed by atoms with E-state index in [1.807, 2.05) is 0 Å². The summed E-state index contributed by atoms with van der Waals surface area (Å²) in [5, 5.41) is 12.1. The lowest BCUT2D eigenvalue weighted by Gasteiger charge is -2.27. The molecule has 29 heavy (non-hydrogen) atoms. The van der Waals surface area contributed by atoms with E-state index < -0.39 is 23.6 Å². The Balaban J connectivity index is 1.62. The molecule has 1 aromatic rings. The van der Waals surface area contributed by atoms with Crippen molar-refractivity contribution in [3.63, 3.8) is 0 Å². The highest BCUT2D eigenvalue weighted by Crippen LogP contribution is 2.53. The lowest BCUT2D eigenvalue weighted by atomic mass is 9.91. The number of amides is 2. The maximum atomic E-state index is 12.8. The van der Waals surface area contributed by atoms with Crippen molar-refractivity contribution in [2.24, 2.45) is 10.8 Å². The van der Waals surface area contributed by atoms with Gasteiger partial charge in [-0.15, -0.1) is 13.2 Å². The molecule has 1 atom stereocenters. The van der Waals surface area contributed by atoms with E-state index in [1.165, 1.54) is 17.2 Å². The average Bonchev–Trinajstić information content (AvgIpc) is 3.29.